The van der Waals surface area contributed by atoms with Gasteiger partial charge in [-0.15, -0.1) is 0 Å². The zero-order valence-electron chi connectivity index (χ0n) is 8.28. The third-order valence-electron chi connectivity index (χ3n) is 3.08. The number of aromatic nitrogens is 1. The van der Waals surface area contributed by atoms with E-state index >= 15 is 0 Å². The van der Waals surface area contributed by atoms with E-state index in [9.17, 15) is 5.11 Å². The molecule has 0 radical (unpaired) electrons. The van der Waals surface area contributed by atoms with E-state index in [2.05, 4.69) is 10.6 Å². The van der Waals surface area contributed by atoms with Gasteiger partial charge in [-0.1, -0.05) is 17.7 Å². The number of benzene rings is 1. The summed E-state index contributed by atoms with van der Waals surface area (Å²) in [7, 11) is 0. The Kier molecular flexibility index (Phi) is 2.01. The Hall–Kier alpha value is -0.990. The molecule has 1 atom stereocenters. The Morgan fingerprint density at radius 2 is 2.20 bits per heavy atom. The van der Waals surface area contributed by atoms with Gasteiger partial charge in [-0.3, -0.25) is 0 Å². The SMILES string of the molecule is OC1CCn2c(cc3ccc(Cl)cc32)C1. The molecule has 1 aromatic carbocycles. The monoisotopic (exact) mass is 221 g/mol. The molecule has 0 saturated carbocycles. The summed E-state index contributed by atoms with van der Waals surface area (Å²) in [5.41, 5.74) is 2.40. The molecular weight excluding hydrogens is 210 g/mol. The van der Waals surface area contributed by atoms with Gasteiger partial charge in [0.25, 0.3) is 0 Å². The van der Waals surface area contributed by atoms with Crippen molar-refractivity contribution in [3.05, 3.63) is 35.0 Å². The van der Waals surface area contributed by atoms with Crippen LogP contribution >= 0.6 is 11.6 Å². The van der Waals surface area contributed by atoms with Crippen LogP contribution in [0.3, 0.4) is 0 Å². The van der Waals surface area contributed by atoms with Crippen molar-refractivity contribution < 1.29 is 5.11 Å². The van der Waals surface area contributed by atoms with Gasteiger partial charge in [0.05, 0.1) is 6.10 Å². The first-order valence-electron chi connectivity index (χ1n) is 5.20. The van der Waals surface area contributed by atoms with Gasteiger partial charge in [-0.25, -0.2) is 0 Å². The minimum absolute atomic E-state index is 0.183. The fourth-order valence-corrected chi connectivity index (χ4v) is 2.51. The number of halogens is 1. The quantitative estimate of drug-likeness (QED) is 0.727. The summed E-state index contributed by atoms with van der Waals surface area (Å²) in [6, 6.07) is 8.09. The minimum atomic E-state index is -0.183. The van der Waals surface area contributed by atoms with Crippen molar-refractivity contribution >= 4 is 22.5 Å². The van der Waals surface area contributed by atoms with Crippen LogP contribution in [-0.4, -0.2) is 15.8 Å². The van der Waals surface area contributed by atoms with Crippen molar-refractivity contribution in [1.82, 2.24) is 4.57 Å². The largest absolute Gasteiger partial charge is 0.393 e. The van der Waals surface area contributed by atoms with Gasteiger partial charge in [0.15, 0.2) is 0 Å². The van der Waals surface area contributed by atoms with Crippen molar-refractivity contribution in [2.24, 2.45) is 0 Å². The van der Waals surface area contributed by atoms with Crippen molar-refractivity contribution in [1.29, 1.82) is 0 Å². The average Bonchev–Trinajstić information content (AvgIpc) is 2.54. The van der Waals surface area contributed by atoms with Crippen LogP contribution in [0.4, 0.5) is 0 Å². The Bertz CT molecular complexity index is 518. The highest BCUT2D eigenvalue weighted by Crippen LogP contribution is 2.27. The number of nitrogens with zero attached hydrogens (tertiary/aromatic N) is 1. The summed E-state index contributed by atoms with van der Waals surface area (Å²) in [5.74, 6) is 0. The normalized spacial score (nSPS) is 20.5. The topological polar surface area (TPSA) is 25.2 Å². The number of hydrogen-bond acceptors (Lipinski definition) is 1. The smallest absolute Gasteiger partial charge is 0.0611 e. The molecule has 0 saturated heterocycles. The van der Waals surface area contributed by atoms with Crippen molar-refractivity contribution in [3.8, 4) is 0 Å². The fraction of sp³-hybridized carbons (Fsp3) is 0.333. The summed E-state index contributed by atoms with van der Waals surface area (Å²) in [6.07, 6.45) is 1.41. The fourth-order valence-electron chi connectivity index (χ4n) is 2.34. The van der Waals surface area contributed by atoms with Gasteiger partial charge in [0.2, 0.25) is 0 Å². The van der Waals surface area contributed by atoms with Gasteiger partial charge in [-0.2, -0.15) is 0 Å². The molecule has 15 heavy (non-hydrogen) atoms. The van der Waals surface area contributed by atoms with Crippen molar-refractivity contribution in [2.45, 2.75) is 25.5 Å². The number of aliphatic hydroxyl groups excluding tert-OH is 1. The highest BCUT2D eigenvalue weighted by molar-refractivity contribution is 6.31. The first kappa shape index (κ1) is 9.25. The molecule has 1 unspecified atom stereocenters. The van der Waals surface area contributed by atoms with Crippen LogP contribution < -0.4 is 0 Å². The second-order valence-corrected chi connectivity index (χ2v) is 4.57. The zero-order valence-corrected chi connectivity index (χ0v) is 9.04. The predicted octanol–water partition coefficient (Wildman–Crippen LogP) is 2.60. The average molecular weight is 222 g/mol. The lowest BCUT2D eigenvalue weighted by atomic mass is 10.1. The third-order valence-corrected chi connectivity index (χ3v) is 3.32. The van der Waals surface area contributed by atoms with E-state index < -0.39 is 0 Å². The number of fused-ring (bicyclic) bond motifs is 3. The van der Waals surface area contributed by atoms with Crippen LogP contribution in [-0.2, 0) is 13.0 Å². The predicted molar refractivity (Wildman–Crippen MR) is 61.3 cm³/mol. The molecule has 3 heteroatoms. The summed E-state index contributed by atoms with van der Waals surface area (Å²) >= 11 is 5.98. The molecule has 3 rings (SSSR count). The summed E-state index contributed by atoms with van der Waals surface area (Å²) < 4.78 is 2.26. The molecule has 0 aliphatic carbocycles. The second kappa shape index (κ2) is 3.26. The highest BCUT2D eigenvalue weighted by atomic mass is 35.5. The lowest BCUT2D eigenvalue weighted by Gasteiger charge is -2.20. The van der Waals surface area contributed by atoms with Gasteiger partial charge in [0, 0.05) is 29.2 Å². The second-order valence-electron chi connectivity index (χ2n) is 4.14. The van der Waals surface area contributed by atoms with Crippen molar-refractivity contribution in [3.63, 3.8) is 0 Å². The number of aliphatic hydroxyl groups is 1. The summed E-state index contributed by atoms with van der Waals surface area (Å²) in [5, 5.41) is 11.6. The molecule has 0 spiro atoms. The van der Waals surface area contributed by atoms with Crippen LogP contribution in [0.25, 0.3) is 10.9 Å². The minimum Gasteiger partial charge on any atom is -0.393 e. The summed E-state index contributed by atoms with van der Waals surface area (Å²) in [4.78, 5) is 0. The molecule has 1 aliphatic heterocycles. The molecule has 1 N–H and O–H groups in total. The van der Waals surface area contributed by atoms with E-state index in [4.69, 9.17) is 11.6 Å². The summed E-state index contributed by atoms with van der Waals surface area (Å²) in [6.45, 7) is 0.889. The van der Waals surface area contributed by atoms with Crippen molar-refractivity contribution in [2.75, 3.05) is 0 Å². The van der Waals surface area contributed by atoms with E-state index in [1.54, 1.807) is 0 Å². The Morgan fingerprint density at radius 3 is 3.07 bits per heavy atom. The molecule has 2 heterocycles. The number of hydrogen-bond donors (Lipinski definition) is 1. The number of rotatable bonds is 0. The molecule has 1 aliphatic rings. The Labute approximate surface area is 93.1 Å². The maximum absolute atomic E-state index is 9.60. The molecule has 0 fully saturated rings. The maximum atomic E-state index is 9.60. The van der Waals surface area contributed by atoms with Crippen LogP contribution in [0.5, 0.6) is 0 Å². The van der Waals surface area contributed by atoms with Gasteiger partial charge in [-0.05, 0) is 30.0 Å². The highest BCUT2D eigenvalue weighted by Gasteiger charge is 2.18. The molecule has 2 aromatic rings. The van der Waals surface area contributed by atoms with E-state index in [-0.39, 0.29) is 6.10 Å². The standard InChI is InChI=1S/C12H12ClNO/c13-9-2-1-8-5-10-7-11(15)3-4-14(10)12(8)6-9/h1-2,5-6,11,15H,3-4,7H2. The Balaban J connectivity index is 2.24. The molecule has 1 aromatic heterocycles. The van der Waals surface area contributed by atoms with Gasteiger partial charge >= 0.3 is 0 Å². The lowest BCUT2D eigenvalue weighted by Crippen LogP contribution is -2.22. The van der Waals surface area contributed by atoms with E-state index in [1.807, 2.05) is 18.2 Å². The number of aryl methyl sites for hydroxylation is 1. The zero-order chi connectivity index (χ0) is 10.4. The molecule has 0 bridgehead atoms. The molecule has 2 nitrogen and oxygen atoms in total. The first-order valence-corrected chi connectivity index (χ1v) is 5.57. The molecule has 78 valence electrons. The molecular formula is C12H12ClNO. The Morgan fingerprint density at radius 1 is 1.33 bits per heavy atom. The van der Waals surface area contributed by atoms with Gasteiger partial charge in [0.1, 0.15) is 0 Å². The maximum Gasteiger partial charge on any atom is 0.0611 e. The van der Waals surface area contributed by atoms with Crippen LogP contribution in [0.15, 0.2) is 24.3 Å². The molecule has 0 amide bonds. The van der Waals surface area contributed by atoms with Crippen LogP contribution in [0.1, 0.15) is 12.1 Å². The van der Waals surface area contributed by atoms with E-state index in [0.29, 0.717) is 0 Å². The van der Waals surface area contributed by atoms with E-state index in [1.165, 1.54) is 16.6 Å². The van der Waals surface area contributed by atoms with Crippen LogP contribution in [0, 0.1) is 0 Å². The third kappa shape index (κ3) is 1.45. The van der Waals surface area contributed by atoms with Gasteiger partial charge < -0.3 is 9.67 Å². The lowest BCUT2D eigenvalue weighted by molar-refractivity contribution is 0.144. The van der Waals surface area contributed by atoms with E-state index in [0.717, 1.165) is 24.4 Å². The first-order chi connectivity index (χ1) is 7.24. The van der Waals surface area contributed by atoms with Crippen LogP contribution in [0.2, 0.25) is 5.02 Å².